The molecule has 2 rings (SSSR count). The van der Waals surface area contributed by atoms with Crippen LogP contribution in [0.4, 0.5) is 14.5 Å². The number of ether oxygens (including phenoxy) is 1. The smallest absolute Gasteiger partial charge is 0.272 e. The molecule has 3 nitrogen and oxygen atoms in total. The van der Waals surface area contributed by atoms with Crippen LogP contribution in [0.15, 0.2) is 18.3 Å². The molecule has 5 heteroatoms. The highest BCUT2D eigenvalue weighted by Gasteiger charge is 2.13. The van der Waals surface area contributed by atoms with Crippen LogP contribution in [0.25, 0.3) is 0 Å². The molecule has 0 aliphatic carbocycles. The summed E-state index contributed by atoms with van der Waals surface area (Å²) in [5.74, 6) is 0.268. The summed E-state index contributed by atoms with van der Waals surface area (Å²) in [5.41, 5.74) is 0.997. The van der Waals surface area contributed by atoms with Crippen LogP contribution < -0.4 is 9.64 Å². The van der Waals surface area contributed by atoms with E-state index in [-0.39, 0.29) is 5.88 Å². The summed E-state index contributed by atoms with van der Waals surface area (Å²) >= 11 is 0. The fourth-order valence-electron chi connectivity index (χ4n) is 1.80. The van der Waals surface area contributed by atoms with Crippen molar-refractivity contribution >= 4 is 5.69 Å². The minimum absolute atomic E-state index is 0.268. The fraction of sp³-hybridized carbons (Fsp3) is 0.545. The number of hydrogen-bond donors (Lipinski definition) is 0. The van der Waals surface area contributed by atoms with Crippen LogP contribution in [-0.4, -0.2) is 31.1 Å². The van der Waals surface area contributed by atoms with Crippen molar-refractivity contribution in [3.8, 4) is 5.88 Å². The van der Waals surface area contributed by atoms with Crippen molar-refractivity contribution in [2.45, 2.75) is 19.3 Å². The van der Waals surface area contributed by atoms with Crippen LogP contribution in [-0.2, 0) is 0 Å². The number of pyridine rings is 1. The second-order valence-corrected chi connectivity index (χ2v) is 3.75. The number of rotatable bonds is 4. The highest BCUT2D eigenvalue weighted by molar-refractivity contribution is 5.48. The maximum Gasteiger partial charge on any atom is 0.272 e. The molecule has 0 unspecified atom stereocenters. The summed E-state index contributed by atoms with van der Waals surface area (Å²) in [6.45, 7) is 1.42. The van der Waals surface area contributed by atoms with E-state index in [2.05, 4.69) is 9.88 Å². The van der Waals surface area contributed by atoms with Crippen LogP contribution in [0.1, 0.15) is 12.8 Å². The first kappa shape index (κ1) is 11.1. The predicted molar refractivity (Wildman–Crippen MR) is 57.2 cm³/mol. The fourth-order valence-corrected chi connectivity index (χ4v) is 1.80. The molecule has 0 N–H and O–H groups in total. The van der Waals surface area contributed by atoms with Gasteiger partial charge in [-0.15, -0.1) is 0 Å². The zero-order chi connectivity index (χ0) is 11.4. The monoisotopic (exact) mass is 228 g/mol. The first-order valence-electron chi connectivity index (χ1n) is 5.37. The van der Waals surface area contributed by atoms with Gasteiger partial charge in [0, 0.05) is 31.0 Å². The van der Waals surface area contributed by atoms with Crippen molar-refractivity contribution < 1.29 is 13.5 Å². The Morgan fingerprint density at radius 3 is 2.81 bits per heavy atom. The van der Waals surface area contributed by atoms with Gasteiger partial charge in [0.1, 0.15) is 0 Å². The number of hydrogen-bond acceptors (Lipinski definition) is 3. The topological polar surface area (TPSA) is 25.4 Å². The Bertz CT molecular complexity index is 341. The largest absolute Gasteiger partial charge is 0.472 e. The van der Waals surface area contributed by atoms with Crippen molar-refractivity contribution in [2.75, 3.05) is 24.6 Å². The van der Waals surface area contributed by atoms with Gasteiger partial charge in [0.05, 0.1) is 0 Å². The first-order chi connectivity index (χ1) is 7.75. The third-order valence-electron chi connectivity index (χ3n) is 2.55. The van der Waals surface area contributed by atoms with Gasteiger partial charge < -0.3 is 9.64 Å². The van der Waals surface area contributed by atoms with E-state index in [0.717, 1.165) is 18.8 Å². The average molecular weight is 228 g/mol. The van der Waals surface area contributed by atoms with Crippen molar-refractivity contribution in [1.82, 2.24) is 4.98 Å². The number of nitrogens with zero attached hydrogens (tertiary/aromatic N) is 2. The molecule has 2 heterocycles. The molecule has 0 bridgehead atoms. The molecule has 1 aliphatic rings. The van der Waals surface area contributed by atoms with Crippen LogP contribution in [0, 0.1) is 0 Å². The van der Waals surface area contributed by atoms with Crippen molar-refractivity contribution in [1.29, 1.82) is 0 Å². The van der Waals surface area contributed by atoms with Crippen LogP contribution in [0.5, 0.6) is 5.88 Å². The Morgan fingerprint density at radius 1 is 1.38 bits per heavy atom. The van der Waals surface area contributed by atoms with Crippen molar-refractivity contribution in [3.05, 3.63) is 18.3 Å². The zero-order valence-electron chi connectivity index (χ0n) is 8.90. The Kier molecular flexibility index (Phi) is 3.54. The summed E-state index contributed by atoms with van der Waals surface area (Å²) in [7, 11) is 0. The second-order valence-electron chi connectivity index (χ2n) is 3.75. The van der Waals surface area contributed by atoms with Gasteiger partial charge in [-0.2, -0.15) is 0 Å². The summed E-state index contributed by atoms with van der Waals surface area (Å²) in [5, 5.41) is 0. The van der Waals surface area contributed by atoms with E-state index in [9.17, 15) is 8.78 Å². The van der Waals surface area contributed by atoms with Gasteiger partial charge in [0.25, 0.3) is 6.43 Å². The van der Waals surface area contributed by atoms with Gasteiger partial charge in [-0.05, 0) is 18.9 Å². The molecule has 0 saturated carbocycles. The quantitative estimate of drug-likeness (QED) is 0.790. The van der Waals surface area contributed by atoms with Gasteiger partial charge in [-0.1, -0.05) is 0 Å². The third-order valence-corrected chi connectivity index (χ3v) is 2.55. The standard InChI is InChI=1S/C11H14F2N2O/c12-10(13)8-16-11-7-9(3-4-14-11)15-5-1-2-6-15/h3-4,7,10H,1-2,5-6,8H2. The molecular weight excluding hydrogens is 214 g/mol. The molecule has 1 fully saturated rings. The molecule has 1 aromatic rings. The Morgan fingerprint density at radius 2 is 2.12 bits per heavy atom. The second kappa shape index (κ2) is 5.09. The zero-order valence-corrected chi connectivity index (χ0v) is 8.90. The molecule has 0 atom stereocenters. The van der Waals surface area contributed by atoms with Gasteiger partial charge in [-0.25, -0.2) is 13.8 Å². The van der Waals surface area contributed by atoms with E-state index < -0.39 is 13.0 Å². The summed E-state index contributed by atoms with van der Waals surface area (Å²) < 4.78 is 28.8. The Hall–Kier alpha value is -1.39. The van der Waals surface area contributed by atoms with E-state index in [0.29, 0.717) is 0 Å². The van der Waals surface area contributed by atoms with E-state index in [1.54, 1.807) is 12.3 Å². The highest BCUT2D eigenvalue weighted by Crippen LogP contribution is 2.22. The summed E-state index contributed by atoms with van der Waals surface area (Å²) in [6.07, 6.45) is 1.48. The molecular formula is C11H14F2N2O. The van der Waals surface area contributed by atoms with Crippen LogP contribution in [0.2, 0.25) is 0 Å². The number of anilines is 1. The Labute approximate surface area is 93.0 Å². The van der Waals surface area contributed by atoms with Crippen LogP contribution >= 0.6 is 0 Å². The maximum absolute atomic E-state index is 12.0. The molecule has 0 amide bonds. The molecule has 0 aromatic carbocycles. The van der Waals surface area contributed by atoms with E-state index in [1.807, 2.05) is 6.07 Å². The molecule has 16 heavy (non-hydrogen) atoms. The minimum Gasteiger partial charge on any atom is -0.472 e. The molecule has 0 spiro atoms. The maximum atomic E-state index is 12.0. The van der Waals surface area contributed by atoms with Crippen molar-refractivity contribution in [2.24, 2.45) is 0 Å². The highest BCUT2D eigenvalue weighted by atomic mass is 19.3. The summed E-state index contributed by atoms with van der Waals surface area (Å²) in [4.78, 5) is 6.11. The van der Waals surface area contributed by atoms with Crippen molar-refractivity contribution in [3.63, 3.8) is 0 Å². The molecule has 0 radical (unpaired) electrons. The minimum atomic E-state index is -2.46. The van der Waals surface area contributed by atoms with Gasteiger partial charge >= 0.3 is 0 Å². The predicted octanol–water partition coefficient (Wildman–Crippen LogP) is 2.33. The number of halogens is 2. The molecule has 88 valence electrons. The molecule has 1 saturated heterocycles. The van der Waals surface area contributed by atoms with Gasteiger partial charge in [0.2, 0.25) is 5.88 Å². The normalized spacial score (nSPS) is 15.8. The lowest BCUT2D eigenvalue weighted by Gasteiger charge is -2.17. The van der Waals surface area contributed by atoms with E-state index in [4.69, 9.17) is 4.74 Å². The lowest BCUT2D eigenvalue weighted by atomic mass is 10.3. The summed E-state index contributed by atoms with van der Waals surface area (Å²) in [6, 6.07) is 3.59. The van der Waals surface area contributed by atoms with Gasteiger partial charge in [-0.3, -0.25) is 0 Å². The Balaban J connectivity index is 2.01. The van der Waals surface area contributed by atoms with E-state index in [1.165, 1.54) is 12.8 Å². The lowest BCUT2D eigenvalue weighted by Crippen LogP contribution is -2.17. The molecule has 1 aromatic heterocycles. The van der Waals surface area contributed by atoms with Crippen LogP contribution in [0.3, 0.4) is 0 Å². The molecule has 1 aliphatic heterocycles. The number of alkyl halides is 2. The first-order valence-corrected chi connectivity index (χ1v) is 5.37. The SMILES string of the molecule is FC(F)COc1cc(N2CCCC2)ccn1. The van der Waals surface area contributed by atoms with Gasteiger partial charge in [0.15, 0.2) is 6.61 Å². The average Bonchev–Trinajstić information content (AvgIpc) is 2.80. The third kappa shape index (κ3) is 2.81. The number of aromatic nitrogens is 1. The van der Waals surface area contributed by atoms with E-state index >= 15 is 0 Å². The lowest BCUT2D eigenvalue weighted by molar-refractivity contribution is 0.0796.